The maximum Gasteiger partial charge on any atom is 0.159 e. The summed E-state index contributed by atoms with van der Waals surface area (Å²) in [5, 5.41) is 3.22. The summed E-state index contributed by atoms with van der Waals surface area (Å²) in [7, 11) is 1.86. The molecule has 1 N–H and O–H groups in total. The quantitative estimate of drug-likeness (QED) is 0.862. The molecule has 0 spiro atoms. The number of hydrogen-bond donors (Lipinski definition) is 1. The molecule has 1 unspecified atom stereocenters. The van der Waals surface area contributed by atoms with Crippen LogP contribution < -0.4 is 5.32 Å². The normalized spacial score (nSPS) is 12.4. The van der Waals surface area contributed by atoms with E-state index in [0.29, 0.717) is 6.42 Å². The molecular weight excluding hydrogens is 324 g/mol. The Labute approximate surface area is 126 Å². The number of benzene rings is 2. The van der Waals surface area contributed by atoms with E-state index in [1.807, 2.05) is 32.2 Å². The molecule has 0 aliphatic carbocycles. The molecule has 2 rings (SSSR count). The van der Waals surface area contributed by atoms with E-state index in [9.17, 15) is 8.78 Å². The number of likely N-dealkylation sites (N-methyl/N-ethyl adjacent to an activating group) is 1. The molecule has 0 fully saturated rings. The predicted octanol–water partition coefficient (Wildman–Crippen LogP) is 4.54. The molecule has 0 aliphatic heterocycles. The van der Waals surface area contributed by atoms with Crippen molar-refractivity contribution in [3.63, 3.8) is 0 Å². The minimum atomic E-state index is -0.814. The summed E-state index contributed by atoms with van der Waals surface area (Å²) >= 11 is 3.55. The Hall–Kier alpha value is -1.26. The van der Waals surface area contributed by atoms with Crippen molar-refractivity contribution in [2.24, 2.45) is 0 Å². The molecule has 4 heteroatoms. The zero-order valence-corrected chi connectivity index (χ0v) is 13.0. The first-order valence-electron chi connectivity index (χ1n) is 6.38. The van der Waals surface area contributed by atoms with Crippen LogP contribution in [-0.2, 0) is 6.42 Å². The number of hydrogen-bond acceptors (Lipinski definition) is 1. The molecule has 0 aliphatic rings. The van der Waals surface area contributed by atoms with Gasteiger partial charge in [0.15, 0.2) is 11.6 Å². The van der Waals surface area contributed by atoms with Crippen molar-refractivity contribution in [1.82, 2.24) is 5.32 Å². The molecule has 106 valence electrons. The molecule has 0 heterocycles. The average Bonchev–Trinajstić information content (AvgIpc) is 2.41. The largest absolute Gasteiger partial charge is 0.313 e. The van der Waals surface area contributed by atoms with E-state index in [1.54, 1.807) is 6.07 Å². The fourth-order valence-corrected chi connectivity index (χ4v) is 2.95. The minimum Gasteiger partial charge on any atom is -0.313 e. The van der Waals surface area contributed by atoms with Crippen molar-refractivity contribution in [2.75, 3.05) is 7.05 Å². The Morgan fingerprint density at radius 2 is 1.85 bits per heavy atom. The van der Waals surface area contributed by atoms with Crippen LogP contribution in [0.15, 0.2) is 40.9 Å². The first kappa shape index (κ1) is 15.1. The predicted molar refractivity (Wildman–Crippen MR) is 80.7 cm³/mol. The number of rotatable bonds is 4. The fraction of sp³-hybridized carbons (Fsp3) is 0.250. The van der Waals surface area contributed by atoms with Crippen LogP contribution in [0.25, 0.3) is 0 Å². The lowest BCUT2D eigenvalue weighted by Gasteiger charge is -2.19. The monoisotopic (exact) mass is 339 g/mol. The van der Waals surface area contributed by atoms with Crippen LogP contribution in [0, 0.1) is 18.6 Å². The highest BCUT2D eigenvalue weighted by Gasteiger charge is 2.14. The summed E-state index contributed by atoms with van der Waals surface area (Å²) in [6.45, 7) is 2.03. The molecule has 1 nitrogen and oxygen atoms in total. The second-order valence-electron chi connectivity index (χ2n) is 4.82. The van der Waals surface area contributed by atoms with Crippen LogP contribution in [0.4, 0.5) is 8.78 Å². The van der Waals surface area contributed by atoms with Crippen LogP contribution >= 0.6 is 15.9 Å². The van der Waals surface area contributed by atoms with Gasteiger partial charge in [0.2, 0.25) is 0 Å². The van der Waals surface area contributed by atoms with Gasteiger partial charge in [-0.15, -0.1) is 0 Å². The third-order valence-electron chi connectivity index (χ3n) is 3.30. The van der Waals surface area contributed by atoms with Crippen molar-refractivity contribution in [1.29, 1.82) is 0 Å². The molecule has 0 amide bonds. The smallest absolute Gasteiger partial charge is 0.159 e. The average molecular weight is 340 g/mol. The third kappa shape index (κ3) is 3.44. The van der Waals surface area contributed by atoms with Gasteiger partial charge in [0.1, 0.15) is 0 Å². The molecule has 20 heavy (non-hydrogen) atoms. The van der Waals surface area contributed by atoms with Gasteiger partial charge in [0, 0.05) is 10.5 Å². The van der Waals surface area contributed by atoms with E-state index in [1.165, 1.54) is 17.7 Å². The Morgan fingerprint density at radius 3 is 2.45 bits per heavy atom. The number of aryl methyl sites for hydroxylation is 1. The second kappa shape index (κ2) is 6.46. The summed E-state index contributed by atoms with van der Waals surface area (Å²) in [4.78, 5) is 0. The standard InChI is InChI=1S/C16H16BrF2N/c1-10-3-5-12(13(17)7-10)16(20-2)9-11-4-6-14(18)15(19)8-11/h3-8,16,20H,9H2,1-2H3. The SMILES string of the molecule is CNC(Cc1ccc(F)c(F)c1)c1ccc(C)cc1Br. The van der Waals surface area contributed by atoms with Crippen molar-refractivity contribution < 1.29 is 8.78 Å². The molecule has 0 saturated heterocycles. The van der Waals surface area contributed by atoms with E-state index in [4.69, 9.17) is 0 Å². The molecule has 1 atom stereocenters. The van der Waals surface area contributed by atoms with Crippen LogP contribution in [0.2, 0.25) is 0 Å². The first-order chi connectivity index (χ1) is 9.51. The lowest BCUT2D eigenvalue weighted by Crippen LogP contribution is -2.19. The van der Waals surface area contributed by atoms with Crippen LogP contribution in [0.1, 0.15) is 22.7 Å². The van der Waals surface area contributed by atoms with Gasteiger partial charge in [-0.2, -0.15) is 0 Å². The summed E-state index contributed by atoms with van der Waals surface area (Å²) in [6.07, 6.45) is 0.593. The van der Waals surface area contributed by atoms with Gasteiger partial charge in [-0.05, 0) is 55.3 Å². The highest BCUT2D eigenvalue weighted by molar-refractivity contribution is 9.10. The summed E-state index contributed by atoms with van der Waals surface area (Å²) in [5.41, 5.74) is 3.03. The highest BCUT2D eigenvalue weighted by Crippen LogP contribution is 2.27. The van der Waals surface area contributed by atoms with Gasteiger partial charge in [-0.1, -0.05) is 34.1 Å². The summed E-state index contributed by atoms with van der Waals surface area (Å²) < 4.78 is 27.2. The van der Waals surface area contributed by atoms with Crippen molar-refractivity contribution in [3.8, 4) is 0 Å². The first-order valence-corrected chi connectivity index (χ1v) is 7.18. The minimum absolute atomic E-state index is 0.0369. The van der Waals surface area contributed by atoms with Gasteiger partial charge >= 0.3 is 0 Å². The summed E-state index contributed by atoms with van der Waals surface area (Å²) in [5.74, 6) is -1.62. The fourth-order valence-electron chi connectivity index (χ4n) is 2.18. The second-order valence-corrected chi connectivity index (χ2v) is 5.67. The molecule has 0 aromatic heterocycles. The maximum absolute atomic E-state index is 13.3. The van der Waals surface area contributed by atoms with E-state index in [0.717, 1.165) is 15.6 Å². The lowest BCUT2D eigenvalue weighted by atomic mass is 9.98. The van der Waals surface area contributed by atoms with E-state index >= 15 is 0 Å². The van der Waals surface area contributed by atoms with Crippen LogP contribution in [-0.4, -0.2) is 7.05 Å². The summed E-state index contributed by atoms with van der Waals surface area (Å²) in [6, 6.07) is 10.2. The highest BCUT2D eigenvalue weighted by atomic mass is 79.9. The van der Waals surface area contributed by atoms with Gasteiger partial charge in [0.25, 0.3) is 0 Å². The molecule has 2 aromatic carbocycles. The molecule has 0 bridgehead atoms. The Balaban J connectivity index is 2.26. The molecule has 0 saturated carbocycles. The van der Waals surface area contributed by atoms with Gasteiger partial charge < -0.3 is 5.32 Å². The Kier molecular flexibility index (Phi) is 4.89. The van der Waals surface area contributed by atoms with Gasteiger partial charge in [-0.3, -0.25) is 0 Å². The van der Waals surface area contributed by atoms with Crippen molar-refractivity contribution >= 4 is 15.9 Å². The van der Waals surface area contributed by atoms with Gasteiger partial charge in [0.05, 0.1) is 0 Å². The number of halogens is 3. The molecule has 0 radical (unpaired) electrons. The van der Waals surface area contributed by atoms with Gasteiger partial charge in [-0.25, -0.2) is 8.78 Å². The molecule has 2 aromatic rings. The topological polar surface area (TPSA) is 12.0 Å². The Morgan fingerprint density at radius 1 is 1.10 bits per heavy atom. The zero-order valence-electron chi connectivity index (χ0n) is 11.4. The lowest BCUT2D eigenvalue weighted by molar-refractivity contribution is 0.504. The molecular formula is C16H16BrF2N. The van der Waals surface area contributed by atoms with Crippen molar-refractivity contribution in [2.45, 2.75) is 19.4 Å². The van der Waals surface area contributed by atoms with E-state index in [-0.39, 0.29) is 6.04 Å². The van der Waals surface area contributed by atoms with E-state index < -0.39 is 11.6 Å². The Bertz CT molecular complexity index is 613. The van der Waals surface area contributed by atoms with Crippen LogP contribution in [0.3, 0.4) is 0 Å². The van der Waals surface area contributed by atoms with Crippen molar-refractivity contribution in [3.05, 3.63) is 69.2 Å². The number of nitrogens with one attached hydrogen (secondary N) is 1. The van der Waals surface area contributed by atoms with Crippen LogP contribution in [0.5, 0.6) is 0 Å². The third-order valence-corrected chi connectivity index (χ3v) is 3.99. The van der Waals surface area contributed by atoms with E-state index in [2.05, 4.69) is 21.2 Å². The zero-order chi connectivity index (χ0) is 14.7. The maximum atomic E-state index is 13.3.